The van der Waals surface area contributed by atoms with Crippen LogP contribution in [0.2, 0.25) is 0 Å². The Balaban J connectivity index is 2.18. The van der Waals surface area contributed by atoms with Crippen LogP contribution < -0.4 is 8.92 Å². The number of benzene rings is 2. The minimum atomic E-state index is -3.59. The number of aryl methyl sites for hydroxylation is 2. The molecule has 2 aromatic rings. The normalized spacial score (nSPS) is 10.9. The molecule has 0 bridgehead atoms. The highest BCUT2D eigenvalue weighted by Gasteiger charge is 2.11. The van der Waals surface area contributed by atoms with Gasteiger partial charge in [0.05, 0.1) is 17.9 Å². The molecule has 0 saturated carbocycles. The van der Waals surface area contributed by atoms with Crippen molar-refractivity contribution in [1.29, 1.82) is 5.26 Å². The lowest BCUT2D eigenvalue weighted by atomic mass is 10.1. The van der Waals surface area contributed by atoms with Crippen molar-refractivity contribution in [3.8, 4) is 17.6 Å². The summed E-state index contributed by atoms with van der Waals surface area (Å²) in [5.74, 6) is 0.812. The molecule has 0 aliphatic heterocycles. The molecule has 23 heavy (non-hydrogen) atoms. The van der Waals surface area contributed by atoms with E-state index in [4.69, 9.17) is 14.2 Å². The lowest BCUT2D eigenvalue weighted by molar-refractivity contribution is 0.303. The van der Waals surface area contributed by atoms with Crippen molar-refractivity contribution in [2.45, 2.75) is 20.5 Å². The van der Waals surface area contributed by atoms with Crippen molar-refractivity contribution in [2.75, 3.05) is 6.26 Å². The van der Waals surface area contributed by atoms with Crippen LogP contribution in [-0.2, 0) is 16.7 Å². The minimum absolute atomic E-state index is 0.257. The standard InChI is InChI=1S/C17H17NO4S/c1-12-8-13(2)17(22-23(3,19)20)9-16(12)21-11-15-6-4-14(10-18)5-7-15/h4-9H,11H2,1-3H3. The van der Waals surface area contributed by atoms with Crippen LogP contribution in [0.1, 0.15) is 22.3 Å². The third-order valence-electron chi connectivity index (χ3n) is 3.19. The van der Waals surface area contributed by atoms with Crippen LogP contribution >= 0.6 is 0 Å². The molecule has 2 aromatic carbocycles. The Morgan fingerprint density at radius 2 is 1.65 bits per heavy atom. The average molecular weight is 331 g/mol. The predicted molar refractivity (Wildman–Crippen MR) is 86.9 cm³/mol. The van der Waals surface area contributed by atoms with E-state index in [1.54, 1.807) is 25.1 Å². The monoisotopic (exact) mass is 331 g/mol. The molecule has 0 aliphatic carbocycles. The van der Waals surface area contributed by atoms with Crippen LogP contribution in [-0.4, -0.2) is 14.7 Å². The molecule has 0 heterocycles. The molecule has 0 spiro atoms. The first-order valence-electron chi connectivity index (χ1n) is 6.91. The van der Waals surface area contributed by atoms with E-state index in [1.807, 2.05) is 25.1 Å². The summed E-state index contributed by atoms with van der Waals surface area (Å²) in [4.78, 5) is 0. The van der Waals surface area contributed by atoms with Crippen LogP contribution in [0.15, 0.2) is 36.4 Å². The summed E-state index contributed by atoms with van der Waals surface area (Å²) in [5.41, 5.74) is 3.11. The maximum Gasteiger partial charge on any atom is 0.306 e. The summed E-state index contributed by atoms with van der Waals surface area (Å²) in [6.45, 7) is 3.97. The number of nitrogens with zero attached hydrogens (tertiary/aromatic N) is 1. The number of hydrogen-bond donors (Lipinski definition) is 0. The molecule has 0 aromatic heterocycles. The number of rotatable bonds is 5. The molecule has 0 amide bonds. The van der Waals surface area contributed by atoms with Crippen LogP contribution in [0.4, 0.5) is 0 Å². The highest BCUT2D eigenvalue weighted by Crippen LogP contribution is 2.29. The van der Waals surface area contributed by atoms with Gasteiger partial charge in [-0.2, -0.15) is 13.7 Å². The van der Waals surface area contributed by atoms with Crippen molar-refractivity contribution in [3.63, 3.8) is 0 Å². The molecule has 2 rings (SSSR count). The Morgan fingerprint density at radius 1 is 1.04 bits per heavy atom. The van der Waals surface area contributed by atoms with Gasteiger partial charge in [0.2, 0.25) is 0 Å². The molecule has 0 radical (unpaired) electrons. The van der Waals surface area contributed by atoms with E-state index in [-0.39, 0.29) is 5.75 Å². The molecule has 0 atom stereocenters. The van der Waals surface area contributed by atoms with Gasteiger partial charge in [-0.25, -0.2) is 0 Å². The largest absolute Gasteiger partial charge is 0.488 e. The molecular formula is C17H17NO4S. The number of ether oxygens (including phenoxy) is 1. The topological polar surface area (TPSA) is 76.4 Å². The molecule has 0 aliphatic rings. The zero-order chi connectivity index (χ0) is 17.0. The Morgan fingerprint density at radius 3 is 2.22 bits per heavy atom. The molecule has 0 saturated heterocycles. The van der Waals surface area contributed by atoms with Crippen LogP contribution in [0.3, 0.4) is 0 Å². The maximum atomic E-state index is 11.3. The third kappa shape index (κ3) is 4.73. The van der Waals surface area contributed by atoms with Gasteiger partial charge in [0.25, 0.3) is 0 Å². The highest BCUT2D eigenvalue weighted by molar-refractivity contribution is 7.86. The Kier molecular flexibility index (Phi) is 4.92. The van der Waals surface area contributed by atoms with Crippen LogP contribution in [0.5, 0.6) is 11.5 Å². The second-order valence-electron chi connectivity index (χ2n) is 5.27. The molecule has 0 unspecified atom stereocenters. The van der Waals surface area contributed by atoms with E-state index in [9.17, 15) is 8.42 Å². The third-order valence-corrected chi connectivity index (χ3v) is 3.67. The zero-order valence-electron chi connectivity index (χ0n) is 13.2. The van der Waals surface area contributed by atoms with Gasteiger partial charge in [0.1, 0.15) is 18.1 Å². The van der Waals surface area contributed by atoms with Gasteiger partial charge >= 0.3 is 10.1 Å². The summed E-state index contributed by atoms with van der Waals surface area (Å²) in [6, 6.07) is 12.5. The first-order valence-corrected chi connectivity index (χ1v) is 8.72. The van der Waals surface area contributed by atoms with Crippen molar-refractivity contribution in [2.24, 2.45) is 0 Å². The highest BCUT2D eigenvalue weighted by atomic mass is 32.2. The van der Waals surface area contributed by atoms with Gasteiger partial charge < -0.3 is 8.92 Å². The van der Waals surface area contributed by atoms with Crippen molar-refractivity contribution in [1.82, 2.24) is 0 Å². The van der Waals surface area contributed by atoms with Gasteiger partial charge in [0.15, 0.2) is 0 Å². The van der Waals surface area contributed by atoms with Gasteiger partial charge in [-0.3, -0.25) is 0 Å². The fourth-order valence-corrected chi connectivity index (χ4v) is 2.56. The summed E-state index contributed by atoms with van der Waals surface area (Å²) in [6.07, 6.45) is 1.00. The Labute approximate surface area is 136 Å². The molecule has 120 valence electrons. The summed E-state index contributed by atoms with van der Waals surface area (Å²) in [7, 11) is -3.59. The summed E-state index contributed by atoms with van der Waals surface area (Å²) in [5, 5.41) is 8.78. The second-order valence-corrected chi connectivity index (χ2v) is 6.84. The quantitative estimate of drug-likeness (QED) is 0.787. The summed E-state index contributed by atoms with van der Waals surface area (Å²) < 4.78 is 33.3. The van der Waals surface area contributed by atoms with E-state index in [0.717, 1.165) is 22.9 Å². The first-order chi connectivity index (χ1) is 10.8. The van der Waals surface area contributed by atoms with Crippen LogP contribution in [0.25, 0.3) is 0 Å². The van der Waals surface area contributed by atoms with Crippen LogP contribution in [0, 0.1) is 25.2 Å². The van der Waals surface area contributed by atoms with Gasteiger partial charge in [-0.1, -0.05) is 12.1 Å². The van der Waals surface area contributed by atoms with E-state index in [0.29, 0.717) is 17.9 Å². The van der Waals surface area contributed by atoms with Crippen molar-refractivity contribution >= 4 is 10.1 Å². The minimum Gasteiger partial charge on any atom is -0.488 e. The van der Waals surface area contributed by atoms with E-state index in [1.165, 1.54) is 0 Å². The zero-order valence-corrected chi connectivity index (χ0v) is 14.0. The van der Waals surface area contributed by atoms with Gasteiger partial charge in [-0.15, -0.1) is 0 Å². The molecular weight excluding hydrogens is 314 g/mol. The first kappa shape index (κ1) is 16.8. The second kappa shape index (κ2) is 6.71. The number of nitriles is 1. The smallest absolute Gasteiger partial charge is 0.306 e. The molecule has 6 heteroatoms. The maximum absolute atomic E-state index is 11.3. The lowest BCUT2D eigenvalue weighted by Gasteiger charge is -2.13. The predicted octanol–water partition coefficient (Wildman–Crippen LogP) is 3.09. The average Bonchev–Trinajstić information content (AvgIpc) is 2.48. The Bertz CT molecular complexity index is 849. The van der Waals surface area contributed by atoms with Crippen molar-refractivity contribution < 1.29 is 17.3 Å². The Hall–Kier alpha value is -2.52. The van der Waals surface area contributed by atoms with E-state index >= 15 is 0 Å². The fourth-order valence-electron chi connectivity index (χ4n) is 2.06. The van der Waals surface area contributed by atoms with E-state index < -0.39 is 10.1 Å². The van der Waals surface area contributed by atoms with E-state index in [2.05, 4.69) is 6.07 Å². The molecule has 0 fully saturated rings. The molecule has 5 nitrogen and oxygen atoms in total. The fraction of sp³-hybridized carbons (Fsp3) is 0.235. The van der Waals surface area contributed by atoms with Crippen molar-refractivity contribution in [3.05, 3.63) is 58.7 Å². The number of hydrogen-bond acceptors (Lipinski definition) is 5. The SMILES string of the molecule is Cc1cc(C)c(OS(C)(=O)=O)cc1OCc1ccc(C#N)cc1. The van der Waals surface area contributed by atoms with Gasteiger partial charge in [-0.05, 0) is 48.7 Å². The summed E-state index contributed by atoms with van der Waals surface area (Å²) >= 11 is 0. The molecule has 0 N–H and O–H groups in total. The lowest BCUT2D eigenvalue weighted by Crippen LogP contribution is -2.07. The van der Waals surface area contributed by atoms with Gasteiger partial charge in [0, 0.05) is 6.07 Å².